The molecule has 1 aromatic heterocycles. The lowest BCUT2D eigenvalue weighted by Gasteiger charge is -2.14. The maximum Gasteiger partial charge on any atom is 0.271 e. The highest BCUT2D eigenvalue weighted by Gasteiger charge is 2.13. The summed E-state index contributed by atoms with van der Waals surface area (Å²) in [4.78, 5) is 16.7. The van der Waals surface area contributed by atoms with Gasteiger partial charge >= 0.3 is 0 Å². The molecule has 114 valence electrons. The molecule has 0 atom stereocenters. The Morgan fingerprint density at radius 2 is 2.27 bits per heavy atom. The van der Waals surface area contributed by atoms with Crippen molar-refractivity contribution in [1.82, 2.24) is 15.6 Å². The fourth-order valence-electron chi connectivity index (χ4n) is 2.43. The third kappa shape index (κ3) is 3.43. The number of nitrogens with one attached hydrogen (secondary N) is 2. The van der Waals surface area contributed by atoms with E-state index in [0.717, 1.165) is 30.1 Å². The van der Waals surface area contributed by atoms with E-state index in [2.05, 4.69) is 34.7 Å². The standard InChI is InChI=1S/C17H19N3OS/c1-12-4-2-3-5-14(12)17-20-15(11-22-17)16(21)19-10-13-6-8-18-9-7-13/h2-6,11,18H,7-10H2,1H3,(H,19,21). The van der Waals surface area contributed by atoms with Crippen molar-refractivity contribution in [3.05, 3.63) is 52.6 Å². The first-order chi connectivity index (χ1) is 10.7. The Morgan fingerprint density at radius 3 is 3.05 bits per heavy atom. The number of aryl methyl sites for hydroxylation is 1. The molecule has 4 nitrogen and oxygen atoms in total. The normalized spacial score (nSPS) is 14.5. The maximum absolute atomic E-state index is 12.2. The number of nitrogens with zero attached hydrogens (tertiary/aromatic N) is 1. The van der Waals surface area contributed by atoms with E-state index in [-0.39, 0.29) is 5.91 Å². The van der Waals surface area contributed by atoms with Crippen molar-refractivity contribution >= 4 is 17.2 Å². The van der Waals surface area contributed by atoms with E-state index < -0.39 is 0 Å². The van der Waals surface area contributed by atoms with Gasteiger partial charge in [-0.1, -0.05) is 35.9 Å². The summed E-state index contributed by atoms with van der Waals surface area (Å²) in [5.41, 5.74) is 4.04. The number of benzene rings is 1. The summed E-state index contributed by atoms with van der Waals surface area (Å²) in [6.45, 7) is 4.53. The summed E-state index contributed by atoms with van der Waals surface area (Å²) in [6, 6.07) is 8.09. The number of carbonyl (C=O) groups is 1. The van der Waals surface area contributed by atoms with Crippen LogP contribution in [-0.4, -0.2) is 30.5 Å². The first kappa shape index (κ1) is 14.9. The lowest BCUT2D eigenvalue weighted by atomic mass is 10.1. The van der Waals surface area contributed by atoms with E-state index in [4.69, 9.17) is 0 Å². The third-order valence-electron chi connectivity index (χ3n) is 3.75. The zero-order valence-corrected chi connectivity index (χ0v) is 13.4. The lowest BCUT2D eigenvalue weighted by molar-refractivity contribution is 0.0952. The minimum atomic E-state index is -0.101. The van der Waals surface area contributed by atoms with E-state index >= 15 is 0 Å². The van der Waals surface area contributed by atoms with Crippen molar-refractivity contribution in [3.63, 3.8) is 0 Å². The van der Waals surface area contributed by atoms with Gasteiger partial charge in [0.1, 0.15) is 10.7 Å². The molecule has 5 heteroatoms. The number of aromatic nitrogens is 1. The molecular weight excluding hydrogens is 294 g/mol. The van der Waals surface area contributed by atoms with Crippen molar-refractivity contribution in [3.8, 4) is 10.6 Å². The highest BCUT2D eigenvalue weighted by atomic mass is 32.1. The molecule has 0 spiro atoms. The zero-order chi connectivity index (χ0) is 15.4. The Kier molecular flexibility index (Phi) is 4.65. The summed E-state index contributed by atoms with van der Waals surface area (Å²) >= 11 is 1.51. The molecule has 2 aromatic rings. The predicted molar refractivity (Wildman–Crippen MR) is 90.2 cm³/mol. The number of thiazole rings is 1. The van der Waals surface area contributed by atoms with Crippen LogP contribution in [0.3, 0.4) is 0 Å². The average molecular weight is 313 g/mol. The molecule has 0 radical (unpaired) electrons. The van der Waals surface area contributed by atoms with Crippen LogP contribution in [0.4, 0.5) is 0 Å². The molecule has 0 fully saturated rings. The highest BCUT2D eigenvalue weighted by Crippen LogP contribution is 2.26. The van der Waals surface area contributed by atoms with E-state index in [0.29, 0.717) is 12.2 Å². The fourth-order valence-corrected chi connectivity index (χ4v) is 3.32. The lowest BCUT2D eigenvalue weighted by Crippen LogP contribution is -2.29. The molecule has 0 unspecified atom stereocenters. The molecule has 1 aliphatic rings. The van der Waals surface area contributed by atoms with Gasteiger partial charge < -0.3 is 10.6 Å². The molecule has 22 heavy (non-hydrogen) atoms. The van der Waals surface area contributed by atoms with Crippen LogP contribution in [0, 0.1) is 6.92 Å². The van der Waals surface area contributed by atoms with Crippen LogP contribution >= 0.6 is 11.3 Å². The fraction of sp³-hybridized carbons (Fsp3) is 0.294. The highest BCUT2D eigenvalue weighted by molar-refractivity contribution is 7.13. The topological polar surface area (TPSA) is 54.0 Å². The summed E-state index contributed by atoms with van der Waals surface area (Å²) < 4.78 is 0. The number of amides is 1. The molecule has 1 aliphatic heterocycles. The van der Waals surface area contributed by atoms with Crippen LogP contribution in [0.15, 0.2) is 41.3 Å². The van der Waals surface area contributed by atoms with E-state index in [9.17, 15) is 4.79 Å². The summed E-state index contributed by atoms with van der Waals surface area (Å²) in [5.74, 6) is -0.101. The van der Waals surface area contributed by atoms with Gasteiger partial charge in [-0.05, 0) is 25.5 Å². The van der Waals surface area contributed by atoms with Gasteiger partial charge in [-0.2, -0.15) is 0 Å². The third-order valence-corrected chi connectivity index (χ3v) is 4.62. The number of hydrogen-bond donors (Lipinski definition) is 2. The van der Waals surface area contributed by atoms with Gasteiger partial charge in [0.05, 0.1) is 0 Å². The second kappa shape index (κ2) is 6.85. The summed E-state index contributed by atoms with van der Waals surface area (Å²) in [6.07, 6.45) is 3.13. The minimum Gasteiger partial charge on any atom is -0.347 e. The van der Waals surface area contributed by atoms with Gasteiger partial charge in [-0.3, -0.25) is 4.79 Å². The Balaban J connectivity index is 1.67. The van der Waals surface area contributed by atoms with E-state index in [1.807, 2.05) is 23.6 Å². The van der Waals surface area contributed by atoms with Crippen molar-refractivity contribution in [2.45, 2.75) is 13.3 Å². The SMILES string of the molecule is Cc1ccccc1-c1nc(C(=O)NCC2=CCNCC2)cs1. The molecule has 1 amide bonds. The molecule has 0 saturated carbocycles. The Hall–Kier alpha value is -1.98. The van der Waals surface area contributed by atoms with Gasteiger partial charge in [0, 0.05) is 24.0 Å². The maximum atomic E-state index is 12.2. The summed E-state index contributed by atoms with van der Waals surface area (Å²) in [7, 11) is 0. The average Bonchev–Trinajstić information content (AvgIpc) is 3.04. The number of hydrogen-bond acceptors (Lipinski definition) is 4. The van der Waals surface area contributed by atoms with Crippen molar-refractivity contribution in [2.24, 2.45) is 0 Å². The quantitative estimate of drug-likeness (QED) is 0.854. The van der Waals surface area contributed by atoms with E-state index in [1.54, 1.807) is 0 Å². The molecule has 2 N–H and O–H groups in total. The van der Waals surface area contributed by atoms with Gasteiger partial charge in [0.2, 0.25) is 0 Å². The summed E-state index contributed by atoms with van der Waals surface area (Å²) in [5, 5.41) is 8.94. The first-order valence-electron chi connectivity index (χ1n) is 7.42. The second-order valence-electron chi connectivity index (χ2n) is 5.35. The first-order valence-corrected chi connectivity index (χ1v) is 8.30. The van der Waals surface area contributed by atoms with Gasteiger partial charge in [-0.25, -0.2) is 4.98 Å². The van der Waals surface area contributed by atoms with Crippen LogP contribution in [0.1, 0.15) is 22.5 Å². The Bertz CT molecular complexity index is 705. The largest absolute Gasteiger partial charge is 0.347 e. The van der Waals surface area contributed by atoms with Crippen LogP contribution in [0.2, 0.25) is 0 Å². The molecule has 2 heterocycles. The van der Waals surface area contributed by atoms with Crippen molar-refractivity contribution in [1.29, 1.82) is 0 Å². The second-order valence-corrected chi connectivity index (χ2v) is 6.21. The van der Waals surface area contributed by atoms with E-state index in [1.165, 1.54) is 22.5 Å². The smallest absolute Gasteiger partial charge is 0.271 e. The monoisotopic (exact) mass is 313 g/mol. The van der Waals surface area contributed by atoms with Crippen LogP contribution in [0.5, 0.6) is 0 Å². The van der Waals surface area contributed by atoms with Gasteiger partial charge in [0.15, 0.2) is 0 Å². The molecule has 1 aromatic carbocycles. The Labute approximate surface area is 134 Å². The Morgan fingerprint density at radius 1 is 1.41 bits per heavy atom. The zero-order valence-electron chi connectivity index (χ0n) is 12.6. The van der Waals surface area contributed by atoms with Gasteiger partial charge in [0.25, 0.3) is 5.91 Å². The molecular formula is C17H19N3OS. The molecule has 0 saturated heterocycles. The van der Waals surface area contributed by atoms with Crippen LogP contribution in [0.25, 0.3) is 10.6 Å². The van der Waals surface area contributed by atoms with Gasteiger partial charge in [-0.15, -0.1) is 11.3 Å². The van der Waals surface area contributed by atoms with Crippen molar-refractivity contribution in [2.75, 3.05) is 19.6 Å². The van der Waals surface area contributed by atoms with Crippen LogP contribution in [-0.2, 0) is 0 Å². The molecule has 0 bridgehead atoms. The van der Waals surface area contributed by atoms with Crippen LogP contribution < -0.4 is 10.6 Å². The van der Waals surface area contributed by atoms with Crippen molar-refractivity contribution < 1.29 is 4.79 Å². The predicted octanol–water partition coefficient (Wildman–Crippen LogP) is 2.77. The molecule has 3 rings (SSSR count). The minimum absolute atomic E-state index is 0.101. The molecule has 0 aliphatic carbocycles. The number of rotatable bonds is 4. The number of carbonyl (C=O) groups excluding carboxylic acids is 1.